The Morgan fingerprint density at radius 2 is 1.92 bits per heavy atom. The lowest BCUT2D eigenvalue weighted by Crippen LogP contribution is -1.88. The van der Waals surface area contributed by atoms with Gasteiger partial charge >= 0.3 is 0 Å². The van der Waals surface area contributed by atoms with Gasteiger partial charge in [-0.25, -0.2) is 9.97 Å². The molecule has 0 spiro atoms. The molecular weight excluding hydrogens is 360 g/mol. The number of thiophene rings is 1. The molecule has 4 aromatic rings. The summed E-state index contributed by atoms with van der Waals surface area (Å²) < 4.78 is 5.27. The molecule has 0 atom stereocenters. The summed E-state index contributed by atoms with van der Waals surface area (Å²) in [6.45, 7) is 2.12. The van der Waals surface area contributed by atoms with E-state index in [0.29, 0.717) is 0 Å². The monoisotopic (exact) mass is 378 g/mol. The van der Waals surface area contributed by atoms with E-state index in [1.165, 1.54) is 16.7 Å². The van der Waals surface area contributed by atoms with Gasteiger partial charge in [0.05, 0.1) is 12.5 Å². The maximum atomic E-state index is 5.27. The topological polar surface area (TPSA) is 35.0 Å². The molecule has 2 aromatic heterocycles. The molecule has 0 unspecified atom stereocenters. The normalized spacial score (nSPS) is 11.0. The molecule has 3 nitrogen and oxygen atoms in total. The van der Waals surface area contributed by atoms with E-state index in [-0.39, 0.29) is 0 Å². The summed E-state index contributed by atoms with van der Waals surface area (Å²) >= 11 is 3.43. The summed E-state index contributed by atoms with van der Waals surface area (Å²) in [6.07, 6.45) is 1.66. The van der Waals surface area contributed by atoms with Crippen molar-refractivity contribution in [3.8, 4) is 16.9 Å². The second-order valence-corrected chi connectivity index (χ2v) is 7.84. The zero-order chi connectivity index (χ0) is 17.9. The predicted molar refractivity (Wildman–Crippen MR) is 110 cm³/mol. The molecule has 130 valence electrons. The van der Waals surface area contributed by atoms with Gasteiger partial charge in [0, 0.05) is 16.7 Å². The highest BCUT2D eigenvalue weighted by Crippen LogP contribution is 2.39. The second kappa shape index (κ2) is 7.48. The minimum absolute atomic E-state index is 0.860. The zero-order valence-corrected chi connectivity index (χ0v) is 16.2. The Hall–Kier alpha value is -2.37. The van der Waals surface area contributed by atoms with E-state index < -0.39 is 0 Å². The number of methoxy groups -OCH3 is 1. The molecule has 0 bridgehead atoms. The van der Waals surface area contributed by atoms with E-state index in [1.807, 2.05) is 12.1 Å². The summed E-state index contributed by atoms with van der Waals surface area (Å²) in [6, 6.07) is 16.8. The fraction of sp³-hybridized carbons (Fsp3) is 0.143. The number of fused-ring (bicyclic) bond motifs is 1. The molecule has 0 saturated heterocycles. The lowest BCUT2D eigenvalue weighted by molar-refractivity contribution is 0.415. The third-order valence-electron chi connectivity index (χ3n) is 4.19. The van der Waals surface area contributed by atoms with Crippen molar-refractivity contribution in [2.45, 2.75) is 17.7 Å². The lowest BCUT2D eigenvalue weighted by Gasteiger charge is -2.07. The summed E-state index contributed by atoms with van der Waals surface area (Å²) in [5.74, 6) is 1.75. The van der Waals surface area contributed by atoms with Crippen LogP contribution in [0.1, 0.15) is 11.1 Å². The van der Waals surface area contributed by atoms with Gasteiger partial charge in [-0.3, -0.25) is 0 Å². The molecular formula is C21H18N2OS2. The molecule has 0 aliphatic heterocycles. The zero-order valence-electron chi connectivity index (χ0n) is 14.6. The number of aromatic nitrogens is 2. The first kappa shape index (κ1) is 17.1. The number of thioether (sulfide) groups is 1. The van der Waals surface area contributed by atoms with Crippen LogP contribution < -0.4 is 4.74 Å². The van der Waals surface area contributed by atoms with E-state index in [0.717, 1.165) is 32.3 Å². The first-order valence-corrected chi connectivity index (χ1v) is 10.2. The van der Waals surface area contributed by atoms with Crippen molar-refractivity contribution in [3.05, 3.63) is 71.4 Å². The van der Waals surface area contributed by atoms with Crippen LogP contribution >= 0.6 is 23.1 Å². The van der Waals surface area contributed by atoms with E-state index in [4.69, 9.17) is 4.74 Å². The largest absolute Gasteiger partial charge is 0.497 e. The summed E-state index contributed by atoms with van der Waals surface area (Å²) in [7, 11) is 1.68. The number of benzene rings is 2. The number of rotatable bonds is 5. The maximum absolute atomic E-state index is 5.27. The first-order chi connectivity index (χ1) is 12.7. The number of ether oxygens (including phenoxy) is 1. The fourth-order valence-corrected chi connectivity index (χ4v) is 4.83. The van der Waals surface area contributed by atoms with Crippen molar-refractivity contribution in [2.75, 3.05) is 7.11 Å². The molecule has 4 rings (SSSR count). The smallest absolute Gasteiger partial charge is 0.128 e. The van der Waals surface area contributed by atoms with Crippen LogP contribution in [0.4, 0.5) is 0 Å². The van der Waals surface area contributed by atoms with Crippen LogP contribution in [0.25, 0.3) is 21.3 Å². The number of aryl methyl sites for hydroxylation is 1. The molecule has 26 heavy (non-hydrogen) atoms. The summed E-state index contributed by atoms with van der Waals surface area (Å²) in [4.78, 5) is 10.1. The van der Waals surface area contributed by atoms with Gasteiger partial charge in [-0.05, 0) is 30.2 Å². The Morgan fingerprint density at radius 3 is 2.69 bits per heavy atom. The molecule has 0 aliphatic carbocycles. The molecule has 0 amide bonds. The van der Waals surface area contributed by atoms with Crippen molar-refractivity contribution in [3.63, 3.8) is 0 Å². The highest BCUT2D eigenvalue weighted by Gasteiger charge is 2.13. The number of hydrogen-bond donors (Lipinski definition) is 0. The Kier molecular flexibility index (Phi) is 4.91. The standard InChI is InChI=1S/C21H18N2OS2/c1-14-4-3-5-15(10-14)11-25-20-19-18(12-26-21(19)23-13-22-20)16-6-8-17(24-2)9-7-16/h3-10,12-13H,11H2,1-2H3. The van der Waals surface area contributed by atoms with E-state index in [2.05, 4.69) is 58.7 Å². The molecule has 2 aromatic carbocycles. The predicted octanol–water partition coefficient (Wildman–Crippen LogP) is 5.97. The van der Waals surface area contributed by atoms with Crippen molar-refractivity contribution >= 4 is 33.3 Å². The third-order valence-corrected chi connectivity index (χ3v) is 6.14. The first-order valence-electron chi connectivity index (χ1n) is 8.29. The van der Waals surface area contributed by atoms with Gasteiger partial charge in [0.25, 0.3) is 0 Å². The second-order valence-electron chi connectivity index (χ2n) is 6.01. The van der Waals surface area contributed by atoms with Gasteiger partial charge in [0.15, 0.2) is 0 Å². The Morgan fingerprint density at radius 1 is 1.08 bits per heavy atom. The summed E-state index contributed by atoms with van der Waals surface area (Å²) in [5.41, 5.74) is 4.93. The van der Waals surface area contributed by atoms with Crippen LogP contribution in [0.2, 0.25) is 0 Å². The SMILES string of the molecule is COc1ccc(-c2csc3ncnc(SCc4cccc(C)c4)c23)cc1. The minimum atomic E-state index is 0.860. The van der Waals surface area contributed by atoms with E-state index >= 15 is 0 Å². The van der Waals surface area contributed by atoms with Crippen LogP contribution in [0, 0.1) is 6.92 Å². The molecule has 0 fully saturated rings. The Labute approximate surface area is 161 Å². The van der Waals surface area contributed by atoms with Crippen LogP contribution in [-0.2, 0) is 5.75 Å². The van der Waals surface area contributed by atoms with Crippen molar-refractivity contribution in [2.24, 2.45) is 0 Å². The molecule has 0 aliphatic rings. The van der Waals surface area contributed by atoms with Crippen LogP contribution in [0.5, 0.6) is 5.75 Å². The van der Waals surface area contributed by atoms with Gasteiger partial charge < -0.3 is 4.74 Å². The van der Waals surface area contributed by atoms with Gasteiger partial charge in [-0.15, -0.1) is 23.1 Å². The van der Waals surface area contributed by atoms with Crippen molar-refractivity contribution < 1.29 is 4.74 Å². The van der Waals surface area contributed by atoms with Gasteiger partial charge in [-0.2, -0.15) is 0 Å². The van der Waals surface area contributed by atoms with Crippen LogP contribution in [-0.4, -0.2) is 17.1 Å². The summed E-state index contributed by atoms with van der Waals surface area (Å²) in [5, 5.41) is 4.33. The average molecular weight is 379 g/mol. The molecule has 0 N–H and O–H groups in total. The Balaban J connectivity index is 1.69. The highest BCUT2D eigenvalue weighted by molar-refractivity contribution is 7.98. The molecule has 2 heterocycles. The highest BCUT2D eigenvalue weighted by atomic mass is 32.2. The molecule has 0 radical (unpaired) electrons. The van der Waals surface area contributed by atoms with E-state index in [1.54, 1.807) is 36.5 Å². The number of hydrogen-bond acceptors (Lipinski definition) is 5. The van der Waals surface area contributed by atoms with Gasteiger partial charge in [-0.1, -0.05) is 42.0 Å². The quantitative estimate of drug-likeness (QED) is 0.317. The van der Waals surface area contributed by atoms with Gasteiger partial charge in [0.2, 0.25) is 0 Å². The third kappa shape index (κ3) is 3.45. The molecule has 5 heteroatoms. The number of nitrogens with zero attached hydrogens (tertiary/aromatic N) is 2. The molecule has 0 saturated carbocycles. The van der Waals surface area contributed by atoms with Gasteiger partial charge in [0.1, 0.15) is 21.9 Å². The van der Waals surface area contributed by atoms with Crippen molar-refractivity contribution in [1.82, 2.24) is 9.97 Å². The van der Waals surface area contributed by atoms with Crippen LogP contribution in [0.3, 0.4) is 0 Å². The maximum Gasteiger partial charge on any atom is 0.128 e. The average Bonchev–Trinajstić information content (AvgIpc) is 3.11. The van der Waals surface area contributed by atoms with E-state index in [9.17, 15) is 0 Å². The van der Waals surface area contributed by atoms with Crippen molar-refractivity contribution in [1.29, 1.82) is 0 Å². The fourth-order valence-electron chi connectivity index (χ4n) is 2.89. The lowest BCUT2D eigenvalue weighted by atomic mass is 10.1. The van der Waals surface area contributed by atoms with Crippen LogP contribution in [0.15, 0.2) is 65.3 Å². The Bertz CT molecular complexity index is 1040. The minimum Gasteiger partial charge on any atom is -0.497 e.